The van der Waals surface area contributed by atoms with Gasteiger partial charge in [0.2, 0.25) is 0 Å². The van der Waals surface area contributed by atoms with Crippen molar-refractivity contribution in [3.05, 3.63) is 46.1 Å². The van der Waals surface area contributed by atoms with Gasteiger partial charge in [0.05, 0.1) is 18.3 Å². The van der Waals surface area contributed by atoms with E-state index in [-0.39, 0.29) is 6.10 Å². The van der Waals surface area contributed by atoms with Crippen LogP contribution in [0, 0.1) is 13.8 Å². The Morgan fingerprint density at radius 3 is 2.68 bits per heavy atom. The zero-order valence-corrected chi connectivity index (χ0v) is 16.1. The van der Waals surface area contributed by atoms with Crippen molar-refractivity contribution < 1.29 is 9.47 Å². The zero-order valence-electron chi connectivity index (χ0n) is 15.3. The molecule has 0 unspecified atom stereocenters. The molecule has 5 heteroatoms. The number of rotatable bonds is 5. The summed E-state index contributed by atoms with van der Waals surface area (Å²) >= 11 is 6.11. The fourth-order valence-corrected chi connectivity index (χ4v) is 3.38. The van der Waals surface area contributed by atoms with Crippen LogP contribution < -0.4 is 9.64 Å². The molecule has 2 aromatic rings. The van der Waals surface area contributed by atoms with Crippen LogP contribution in [0.5, 0.6) is 5.75 Å². The first kappa shape index (κ1) is 18.0. The maximum Gasteiger partial charge on any atom is 0.144 e. The molecular formula is C20H25ClN2O2. The molecule has 2 heterocycles. The van der Waals surface area contributed by atoms with Crippen LogP contribution in [-0.2, 0) is 11.3 Å². The smallest absolute Gasteiger partial charge is 0.144 e. The number of ether oxygens (including phenoxy) is 2. The van der Waals surface area contributed by atoms with Crippen LogP contribution >= 0.6 is 11.6 Å². The molecule has 0 atom stereocenters. The van der Waals surface area contributed by atoms with Gasteiger partial charge in [0.1, 0.15) is 18.3 Å². The number of pyridine rings is 1. The number of hydrogen-bond donors (Lipinski definition) is 0. The number of halogens is 1. The molecule has 1 aromatic carbocycles. The third-order valence-corrected chi connectivity index (χ3v) is 4.80. The predicted molar refractivity (Wildman–Crippen MR) is 102 cm³/mol. The third-order valence-electron chi connectivity index (χ3n) is 4.57. The molecule has 1 aliphatic heterocycles. The number of aromatic nitrogens is 1. The van der Waals surface area contributed by atoms with Gasteiger partial charge in [-0.05, 0) is 50.5 Å². The Balaban J connectivity index is 2.05. The Morgan fingerprint density at radius 2 is 2.00 bits per heavy atom. The van der Waals surface area contributed by atoms with Crippen molar-refractivity contribution in [3.8, 4) is 5.75 Å². The van der Waals surface area contributed by atoms with Gasteiger partial charge in [0, 0.05) is 22.5 Å². The molecule has 0 radical (unpaired) electrons. The van der Waals surface area contributed by atoms with E-state index in [4.69, 9.17) is 26.1 Å². The molecule has 0 N–H and O–H groups in total. The van der Waals surface area contributed by atoms with Crippen LogP contribution in [0.15, 0.2) is 24.3 Å². The van der Waals surface area contributed by atoms with Gasteiger partial charge in [-0.25, -0.2) is 4.98 Å². The highest BCUT2D eigenvalue weighted by molar-refractivity contribution is 6.30. The van der Waals surface area contributed by atoms with E-state index in [1.54, 1.807) is 0 Å². The average molecular weight is 361 g/mol. The maximum atomic E-state index is 6.26. The Hall–Kier alpha value is -1.78. The van der Waals surface area contributed by atoms with Crippen LogP contribution in [-0.4, -0.2) is 17.8 Å². The molecule has 4 nitrogen and oxygen atoms in total. The van der Waals surface area contributed by atoms with Gasteiger partial charge < -0.3 is 14.4 Å². The fraction of sp³-hybridized carbons (Fsp3) is 0.450. The van der Waals surface area contributed by atoms with Crippen molar-refractivity contribution in [2.24, 2.45) is 0 Å². The summed E-state index contributed by atoms with van der Waals surface area (Å²) in [5, 5.41) is 0.731. The maximum absolute atomic E-state index is 6.26. The lowest BCUT2D eigenvalue weighted by atomic mass is 10.1. The summed E-state index contributed by atoms with van der Waals surface area (Å²) in [5.74, 6) is 1.80. The van der Waals surface area contributed by atoms with Crippen LogP contribution in [0.1, 0.15) is 43.5 Å². The van der Waals surface area contributed by atoms with E-state index in [9.17, 15) is 0 Å². The average Bonchev–Trinajstić information content (AvgIpc) is 2.59. The lowest BCUT2D eigenvalue weighted by Crippen LogP contribution is -2.29. The number of benzene rings is 1. The minimum absolute atomic E-state index is 0.207. The van der Waals surface area contributed by atoms with Crippen LogP contribution in [0.4, 0.5) is 11.5 Å². The van der Waals surface area contributed by atoms with Crippen molar-refractivity contribution in [1.82, 2.24) is 4.98 Å². The molecule has 25 heavy (non-hydrogen) atoms. The molecule has 0 bridgehead atoms. The van der Waals surface area contributed by atoms with Gasteiger partial charge >= 0.3 is 0 Å². The first-order valence-electron chi connectivity index (χ1n) is 8.82. The highest BCUT2D eigenvalue weighted by Crippen LogP contribution is 2.38. The van der Waals surface area contributed by atoms with Crippen molar-refractivity contribution in [3.63, 3.8) is 0 Å². The number of fused-ring (bicyclic) bond motifs is 1. The highest BCUT2D eigenvalue weighted by Gasteiger charge is 2.26. The molecule has 1 aliphatic rings. The van der Waals surface area contributed by atoms with Crippen LogP contribution in [0.25, 0.3) is 0 Å². The summed E-state index contributed by atoms with van der Waals surface area (Å²) in [7, 11) is 0. The van der Waals surface area contributed by atoms with Gasteiger partial charge in [-0.2, -0.15) is 0 Å². The second-order valence-electron chi connectivity index (χ2n) is 6.46. The van der Waals surface area contributed by atoms with E-state index in [1.165, 1.54) is 0 Å². The molecule has 0 saturated carbocycles. The van der Waals surface area contributed by atoms with E-state index < -0.39 is 0 Å². The van der Waals surface area contributed by atoms with Gasteiger partial charge in [-0.3, -0.25) is 0 Å². The molecule has 0 fully saturated rings. The van der Waals surface area contributed by atoms with Crippen LogP contribution in [0.2, 0.25) is 5.02 Å². The van der Waals surface area contributed by atoms with Crippen LogP contribution in [0.3, 0.4) is 0 Å². The molecule has 0 saturated heterocycles. The van der Waals surface area contributed by atoms with E-state index in [0.717, 1.165) is 51.9 Å². The molecule has 0 amide bonds. The van der Waals surface area contributed by atoms with E-state index in [1.807, 2.05) is 38.1 Å². The zero-order chi connectivity index (χ0) is 18.0. The van der Waals surface area contributed by atoms with Crippen molar-refractivity contribution in [1.29, 1.82) is 0 Å². The normalized spacial score (nSPS) is 13.9. The largest absolute Gasteiger partial charge is 0.490 e. The Bertz CT molecular complexity index is 760. The summed E-state index contributed by atoms with van der Waals surface area (Å²) in [4.78, 5) is 6.88. The minimum Gasteiger partial charge on any atom is -0.490 e. The third kappa shape index (κ3) is 3.75. The lowest BCUT2D eigenvalue weighted by molar-refractivity contribution is 0.109. The van der Waals surface area contributed by atoms with Gasteiger partial charge in [-0.1, -0.05) is 25.4 Å². The monoisotopic (exact) mass is 360 g/mol. The van der Waals surface area contributed by atoms with Gasteiger partial charge in [0.15, 0.2) is 0 Å². The van der Waals surface area contributed by atoms with E-state index >= 15 is 0 Å². The summed E-state index contributed by atoms with van der Waals surface area (Å²) in [6.07, 6.45) is 2.17. The SMILES string of the molecule is CCC(CC)Oc1cc(C)nc2c1COCN2c1ccc(Cl)cc1C. The number of aryl methyl sites for hydroxylation is 2. The predicted octanol–water partition coefficient (Wildman–Crippen LogP) is 5.55. The first-order valence-corrected chi connectivity index (χ1v) is 9.19. The Morgan fingerprint density at radius 1 is 1.24 bits per heavy atom. The molecule has 1 aromatic heterocycles. The van der Waals surface area contributed by atoms with Crippen molar-refractivity contribution in [2.75, 3.05) is 11.6 Å². The van der Waals surface area contributed by atoms with E-state index in [2.05, 4.69) is 18.7 Å². The molecular weight excluding hydrogens is 336 g/mol. The summed E-state index contributed by atoms with van der Waals surface area (Å²) in [6.45, 7) is 9.33. The standard InChI is InChI=1S/C20H25ClN2O2/c1-5-16(6-2)25-19-10-14(4)22-20-17(19)11-24-12-23(20)18-8-7-15(21)9-13(18)3/h7-10,16H,5-6,11-12H2,1-4H3. The summed E-state index contributed by atoms with van der Waals surface area (Å²) in [6, 6.07) is 7.89. The summed E-state index contributed by atoms with van der Waals surface area (Å²) < 4.78 is 12.1. The topological polar surface area (TPSA) is 34.6 Å². The molecule has 0 spiro atoms. The molecule has 3 rings (SSSR count). The summed E-state index contributed by atoms with van der Waals surface area (Å²) in [5.41, 5.74) is 4.10. The molecule has 134 valence electrons. The minimum atomic E-state index is 0.207. The second kappa shape index (κ2) is 7.63. The first-order chi connectivity index (χ1) is 12.0. The molecule has 0 aliphatic carbocycles. The number of nitrogens with zero attached hydrogens (tertiary/aromatic N) is 2. The Labute approximate surface area is 154 Å². The van der Waals surface area contributed by atoms with Gasteiger partial charge in [-0.15, -0.1) is 0 Å². The Kier molecular flexibility index (Phi) is 5.50. The lowest BCUT2D eigenvalue weighted by Gasteiger charge is -2.33. The van der Waals surface area contributed by atoms with E-state index in [0.29, 0.717) is 13.3 Å². The number of anilines is 2. The quantitative estimate of drug-likeness (QED) is 0.700. The van der Waals surface area contributed by atoms with Crippen molar-refractivity contribution >= 4 is 23.1 Å². The van der Waals surface area contributed by atoms with Gasteiger partial charge in [0.25, 0.3) is 0 Å². The number of hydrogen-bond acceptors (Lipinski definition) is 4. The second-order valence-corrected chi connectivity index (χ2v) is 6.89. The van der Waals surface area contributed by atoms with Crippen molar-refractivity contribution in [2.45, 2.75) is 53.2 Å². The highest BCUT2D eigenvalue weighted by atomic mass is 35.5. The fourth-order valence-electron chi connectivity index (χ4n) is 3.16.